The zero-order valence-electron chi connectivity index (χ0n) is 9.51. The second-order valence-corrected chi connectivity index (χ2v) is 4.83. The predicted molar refractivity (Wildman–Crippen MR) is 68.7 cm³/mol. The summed E-state index contributed by atoms with van der Waals surface area (Å²) >= 11 is 3.11. The standard InChI is InChI=1S/C14H9BrF2O/c1-8-2-3-9(6-12(8)16)14(18)11-5-4-10(15)7-13(11)17/h2-7H,1H3. The van der Waals surface area contributed by atoms with E-state index in [4.69, 9.17) is 0 Å². The minimum absolute atomic E-state index is 0.0681. The average Bonchev–Trinajstić information content (AvgIpc) is 2.32. The summed E-state index contributed by atoms with van der Waals surface area (Å²) in [6, 6.07) is 8.26. The number of ketones is 1. The molecule has 92 valence electrons. The number of halogens is 3. The molecule has 0 aliphatic carbocycles. The first-order valence-corrected chi connectivity index (χ1v) is 6.04. The lowest BCUT2D eigenvalue weighted by Crippen LogP contribution is -2.05. The molecule has 0 fully saturated rings. The summed E-state index contributed by atoms with van der Waals surface area (Å²) in [6.07, 6.45) is 0. The SMILES string of the molecule is Cc1ccc(C(=O)c2ccc(Br)cc2F)cc1F. The normalized spacial score (nSPS) is 10.4. The molecule has 0 N–H and O–H groups in total. The van der Waals surface area contributed by atoms with E-state index in [0.717, 1.165) is 6.07 Å². The van der Waals surface area contributed by atoms with Crippen molar-refractivity contribution in [3.63, 3.8) is 0 Å². The van der Waals surface area contributed by atoms with E-state index in [1.807, 2.05) is 0 Å². The second-order valence-electron chi connectivity index (χ2n) is 3.92. The van der Waals surface area contributed by atoms with E-state index in [-0.39, 0.29) is 11.1 Å². The number of carbonyl (C=O) groups excluding carboxylic acids is 1. The van der Waals surface area contributed by atoms with Crippen LogP contribution in [0.4, 0.5) is 8.78 Å². The highest BCUT2D eigenvalue weighted by atomic mass is 79.9. The lowest BCUT2D eigenvalue weighted by atomic mass is 10.0. The third kappa shape index (κ3) is 2.48. The Balaban J connectivity index is 2.44. The molecule has 0 spiro atoms. The van der Waals surface area contributed by atoms with Gasteiger partial charge in [0.05, 0.1) is 5.56 Å². The third-order valence-electron chi connectivity index (χ3n) is 2.61. The van der Waals surface area contributed by atoms with Crippen LogP contribution in [0, 0.1) is 18.6 Å². The monoisotopic (exact) mass is 310 g/mol. The number of aryl methyl sites for hydroxylation is 1. The molecule has 0 saturated carbocycles. The van der Waals surface area contributed by atoms with Crippen molar-refractivity contribution >= 4 is 21.7 Å². The van der Waals surface area contributed by atoms with Gasteiger partial charge in [0, 0.05) is 10.0 Å². The molecule has 2 rings (SSSR count). The Kier molecular flexibility index (Phi) is 3.57. The summed E-state index contributed by atoms with van der Waals surface area (Å²) in [7, 11) is 0. The summed E-state index contributed by atoms with van der Waals surface area (Å²) in [5.41, 5.74) is 0.517. The highest BCUT2D eigenvalue weighted by Gasteiger charge is 2.15. The summed E-state index contributed by atoms with van der Waals surface area (Å²) in [5, 5.41) is 0. The van der Waals surface area contributed by atoms with E-state index in [0.29, 0.717) is 10.0 Å². The second kappa shape index (κ2) is 4.98. The van der Waals surface area contributed by atoms with Crippen molar-refractivity contribution in [3.05, 3.63) is 69.2 Å². The number of hydrogen-bond donors (Lipinski definition) is 0. The van der Waals surface area contributed by atoms with Crippen LogP contribution in [0.1, 0.15) is 21.5 Å². The Morgan fingerprint density at radius 2 is 1.78 bits per heavy atom. The maximum Gasteiger partial charge on any atom is 0.196 e. The van der Waals surface area contributed by atoms with Gasteiger partial charge in [-0.05, 0) is 36.8 Å². The van der Waals surface area contributed by atoms with Crippen LogP contribution in [0.3, 0.4) is 0 Å². The van der Waals surface area contributed by atoms with Gasteiger partial charge in [-0.25, -0.2) is 8.78 Å². The zero-order valence-corrected chi connectivity index (χ0v) is 11.1. The van der Waals surface area contributed by atoms with Crippen LogP contribution in [0.15, 0.2) is 40.9 Å². The highest BCUT2D eigenvalue weighted by Crippen LogP contribution is 2.19. The summed E-state index contributed by atoms with van der Waals surface area (Å²) in [5.74, 6) is -1.63. The van der Waals surface area contributed by atoms with Gasteiger partial charge in [0.25, 0.3) is 0 Å². The van der Waals surface area contributed by atoms with Crippen LogP contribution >= 0.6 is 15.9 Å². The van der Waals surface area contributed by atoms with Gasteiger partial charge < -0.3 is 0 Å². The van der Waals surface area contributed by atoms with Crippen LogP contribution in [0.25, 0.3) is 0 Å². The minimum Gasteiger partial charge on any atom is -0.288 e. The third-order valence-corrected chi connectivity index (χ3v) is 3.10. The van der Waals surface area contributed by atoms with Crippen molar-refractivity contribution in [3.8, 4) is 0 Å². The molecule has 0 saturated heterocycles. The molecule has 4 heteroatoms. The van der Waals surface area contributed by atoms with Crippen molar-refractivity contribution in [2.45, 2.75) is 6.92 Å². The molecule has 0 atom stereocenters. The Hall–Kier alpha value is -1.55. The average molecular weight is 311 g/mol. The molecule has 0 radical (unpaired) electrons. The van der Waals surface area contributed by atoms with E-state index >= 15 is 0 Å². The molecule has 0 aromatic heterocycles. The van der Waals surface area contributed by atoms with E-state index in [1.54, 1.807) is 13.0 Å². The molecule has 0 bridgehead atoms. The van der Waals surface area contributed by atoms with Crippen molar-refractivity contribution in [2.24, 2.45) is 0 Å². The van der Waals surface area contributed by atoms with Gasteiger partial charge in [-0.3, -0.25) is 4.79 Å². The Bertz CT molecular complexity index is 623. The van der Waals surface area contributed by atoms with Crippen LogP contribution in [-0.2, 0) is 0 Å². The molecule has 18 heavy (non-hydrogen) atoms. The van der Waals surface area contributed by atoms with E-state index in [1.165, 1.54) is 24.3 Å². The van der Waals surface area contributed by atoms with Gasteiger partial charge in [0.1, 0.15) is 11.6 Å². The first-order valence-electron chi connectivity index (χ1n) is 5.25. The fourth-order valence-electron chi connectivity index (χ4n) is 1.56. The van der Waals surface area contributed by atoms with Gasteiger partial charge in [0.15, 0.2) is 5.78 Å². The fourth-order valence-corrected chi connectivity index (χ4v) is 1.90. The van der Waals surface area contributed by atoms with E-state index in [9.17, 15) is 13.6 Å². The van der Waals surface area contributed by atoms with Gasteiger partial charge in [-0.1, -0.05) is 28.1 Å². The van der Waals surface area contributed by atoms with Crippen LogP contribution in [0.5, 0.6) is 0 Å². The predicted octanol–water partition coefficient (Wildman–Crippen LogP) is 4.27. The maximum absolute atomic E-state index is 13.6. The zero-order chi connectivity index (χ0) is 13.3. The quantitative estimate of drug-likeness (QED) is 0.757. The Morgan fingerprint density at radius 1 is 1.06 bits per heavy atom. The van der Waals surface area contributed by atoms with Crippen LogP contribution < -0.4 is 0 Å². The van der Waals surface area contributed by atoms with E-state index in [2.05, 4.69) is 15.9 Å². The molecule has 2 aromatic rings. The maximum atomic E-state index is 13.6. The van der Waals surface area contributed by atoms with Crippen LogP contribution in [0.2, 0.25) is 0 Å². The molecular weight excluding hydrogens is 302 g/mol. The minimum atomic E-state index is -0.629. The molecule has 1 nitrogen and oxygen atoms in total. The smallest absolute Gasteiger partial charge is 0.196 e. The summed E-state index contributed by atoms with van der Waals surface area (Å²) in [6.45, 7) is 1.60. The highest BCUT2D eigenvalue weighted by molar-refractivity contribution is 9.10. The summed E-state index contributed by atoms with van der Waals surface area (Å²) in [4.78, 5) is 12.0. The number of hydrogen-bond acceptors (Lipinski definition) is 1. The fraction of sp³-hybridized carbons (Fsp3) is 0.0714. The summed E-state index contributed by atoms with van der Waals surface area (Å²) < 4.78 is 27.5. The lowest BCUT2D eigenvalue weighted by molar-refractivity contribution is 0.103. The van der Waals surface area contributed by atoms with Gasteiger partial charge in [-0.15, -0.1) is 0 Å². The molecular formula is C14H9BrF2O. The van der Waals surface area contributed by atoms with Gasteiger partial charge in [-0.2, -0.15) is 0 Å². The molecule has 0 heterocycles. The topological polar surface area (TPSA) is 17.1 Å². The van der Waals surface area contributed by atoms with Crippen molar-refractivity contribution in [1.82, 2.24) is 0 Å². The largest absolute Gasteiger partial charge is 0.288 e. The van der Waals surface area contributed by atoms with E-state index < -0.39 is 17.4 Å². The van der Waals surface area contributed by atoms with Crippen molar-refractivity contribution in [2.75, 3.05) is 0 Å². The van der Waals surface area contributed by atoms with Gasteiger partial charge in [0.2, 0.25) is 0 Å². The Labute approximate surface area is 112 Å². The molecule has 0 aliphatic rings. The molecule has 0 amide bonds. The number of rotatable bonds is 2. The number of carbonyl (C=O) groups is 1. The van der Waals surface area contributed by atoms with Crippen molar-refractivity contribution < 1.29 is 13.6 Å². The van der Waals surface area contributed by atoms with Crippen molar-refractivity contribution in [1.29, 1.82) is 0 Å². The van der Waals surface area contributed by atoms with Gasteiger partial charge >= 0.3 is 0 Å². The lowest BCUT2D eigenvalue weighted by Gasteiger charge is -2.04. The molecule has 0 unspecified atom stereocenters. The first-order chi connectivity index (χ1) is 8.49. The number of benzene rings is 2. The Morgan fingerprint density at radius 3 is 2.39 bits per heavy atom. The molecule has 0 aliphatic heterocycles. The first kappa shape index (κ1) is 12.9. The van der Waals surface area contributed by atoms with Crippen LogP contribution in [-0.4, -0.2) is 5.78 Å². The molecule has 2 aromatic carbocycles.